The summed E-state index contributed by atoms with van der Waals surface area (Å²) < 4.78 is 12.7. The summed E-state index contributed by atoms with van der Waals surface area (Å²) in [6.45, 7) is 0.382. The Labute approximate surface area is 110 Å². The van der Waals surface area contributed by atoms with Crippen LogP contribution in [0.1, 0.15) is 11.3 Å². The smallest absolute Gasteiger partial charge is 0.244 e. The van der Waals surface area contributed by atoms with Gasteiger partial charge in [0, 0.05) is 12.3 Å². The molecule has 1 aromatic heterocycles. The van der Waals surface area contributed by atoms with Crippen molar-refractivity contribution < 1.29 is 9.18 Å². The van der Waals surface area contributed by atoms with Crippen molar-refractivity contribution in [3.05, 3.63) is 71.8 Å². The number of nitrogens with one attached hydrogen (secondary N) is 1. The molecule has 4 heteroatoms. The van der Waals surface area contributed by atoms with Gasteiger partial charge in [0.05, 0.1) is 12.2 Å². The molecule has 1 N–H and O–H groups in total. The van der Waals surface area contributed by atoms with Crippen molar-refractivity contribution >= 4 is 12.0 Å². The predicted molar refractivity (Wildman–Crippen MR) is 71.5 cm³/mol. The molecule has 0 saturated carbocycles. The lowest BCUT2D eigenvalue weighted by molar-refractivity contribution is -0.116. The number of nitrogens with zero attached hydrogens (tertiary/aromatic N) is 1. The van der Waals surface area contributed by atoms with Gasteiger partial charge in [-0.05, 0) is 35.9 Å². The highest BCUT2D eigenvalue weighted by atomic mass is 19.1. The maximum Gasteiger partial charge on any atom is 0.244 e. The van der Waals surface area contributed by atoms with E-state index in [1.807, 2.05) is 18.2 Å². The van der Waals surface area contributed by atoms with Crippen molar-refractivity contribution in [2.75, 3.05) is 0 Å². The van der Waals surface area contributed by atoms with Crippen LogP contribution in [0.2, 0.25) is 0 Å². The lowest BCUT2D eigenvalue weighted by atomic mass is 10.2. The molecule has 0 spiro atoms. The van der Waals surface area contributed by atoms with E-state index in [0.29, 0.717) is 6.54 Å². The van der Waals surface area contributed by atoms with Crippen LogP contribution in [0.4, 0.5) is 4.39 Å². The molecule has 1 heterocycles. The molecule has 0 saturated heterocycles. The summed E-state index contributed by atoms with van der Waals surface area (Å²) in [5.41, 5.74) is 1.57. The van der Waals surface area contributed by atoms with Crippen molar-refractivity contribution in [1.82, 2.24) is 10.3 Å². The summed E-state index contributed by atoms with van der Waals surface area (Å²) in [5, 5.41) is 2.72. The quantitative estimate of drug-likeness (QED) is 0.854. The Morgan fingerprint density at radius 2 is 2.00 bits per heavy atom. The molecule has 1 aromatic carbocycles. The largest absolute Gasteiger partial charge is 0.347 e. The number of benzene rings is 1. The summed E-state index contributed by atoms with van der Waals surface area (Å²) in [5.74, 6) is -0.508. The molecule has 96 valence electrons. The van der Waals surface area contributed by atoms with Gasteiger partial charge in [0.1, 0.15) is 5.82 Å². The zero-order valence-corrected chi connectivity index (χ0v) is 10.2. The maximum atomic E-state index is 12.7. The van der Waals surface area contributed by atoms with E-state index < -0.39 is 0 Å². The number of hydrogen-bond donors (Lipinski definition) is 1. The Kier molecular flexibility index (Phi) is 4.39. The van der Waals surface area contributed by atoms with E-state index in [1.165, 1.54) is 18.2 Å². The van der Waals surface area contributed by atoms with Crippen LogP contribution in [0.15, 0.2) is 54.7 Å². The average molecular weight is 256 g/mol. The number of rotatable bonds is 4. The first-order chi connectivity index (χ1) is 9.24. The molecule has 3 nitrogen and oxygen atoms in total. The van der Waals surface area contributed by atoms with Crippen LogP contribution in [-0.2, 0) is 11.3 Å². The van der Waals surface area contributed by atoms with E-state index in [2.05, 4.69) is 10.3 Å². The monoisotopic (exact) mass is 256 g/mol. The minimum atomic E-state index is -0.295. The Morgan fingerprint density at radius 3 is 2.68 bits per heavy atom. The minimum absolute atomic E-state index is 0.213. The molecule has 0 radical (unpaired) electrons. The fourth-order valence-electron chi connectivity index (χ4n) is 1.49. The number of carbonyl (C=O) groups excluding carboxylic acids is 1. The van der Waals surface area contributed by atoms with Crippen LogP contribution in [-0.4, -0.2) is 10.9 Å². The number of carbonyl (C=O) groups is 1. The second kappa shape index (κ2) is 6.44. The van der Waals surface area contributed by atoms with E-state index in [9.17, 15) is 9.18 Å². The Bertz CT molecular complexity index is 564. The molecule has 0 atom stereocenters. The molecule has 0 aliphatic carbocycles. The Hall–Kier alpha value is -2.49. The topological polar surface area (TPSA) is 42.0 Å². The summed E-state index contributed by atoms with van der Waals surface area (Å²) in [4.78, 5) is 15.7. The molecule has 2 rings (SSSR count). The summed E-state index contributed by atoms with van der Waals surface area (Å²) >= 11 is 0. The lowest BCUT2D eigenvalue weighted by Crippen LogP contribution is -2.20. The van der Waals surface area contributed by atoms with Crippen molar-refractivity contribution in [2.45, 2.75) is 6.54 Å². The standard InChI is InChI=1S/C15H13FN2O/c16-13-7-4-12(5-8-13)6-9-15(19)18-11-14-3-1-2-10-17-14/h1-10H,11H2,(H,18,19). The minimum Gasteiger partial charge on any atom is -0.347 e. The molecule has 0 fully saturated rings. The highest BCUT2D eigenvalue weighted by molar-refractivity contribution is 5.91. The van der Waals surface area contributed by atoms with Gasteiger partial charge in [-0.2, -0.15) is 0 Å². The van der Waals surface area contributed by atoms with E-state index in [1.54, 1.807) is 24.4 Å². The zero-order chi connectivity index (χ0) is 13.5. The third kappa shape index (κ3) is 4.35. The predicted octanol–water partition coefficient (Wildman–Crippen LogP) is 2.55. The SMILES string of the molecule is O=C(C=Cc1ccc(F)cc1)NCc1ccccn1. The second-order valence-electron chi connectivity index (χ2n) is 3.92. The molecule has 1 amide bonds. The van der Waals surface area contributed by atoms with Crippen LogP contribution < -0.4 is 5.32 Å². The Morgan fingerprint density at radius 1 is 1.21 bits per heavy atom. The third-order valence-corrected chi connectivity index (χ3v) is 2.47. The molecule has 2 aromatic rings. The van der Waals surface area contributed by atoms with Crippen LogP contribution in [0.25, 0.3) is 6.08 Å². The van der Waals surface area contributed by atoms with Gasteiger partial charge in [-0.3, -0.25) is 9.78 Å². The molecule has 0 unspecified atom stereocenters. The molecule has 0 aliphatic heterocycles. The highest BCUT2D eigenvalue weighted by Crippen LogP contribution is 2.04. The summed E-state index contributed by atoms with van der Waals surface area (Å²) in [7, 11) is 0. The first-order valence-electron chi connectivity index (χ1n) is 5.85. The number of pyridine rings is 1. The molecular weight excluding hydrogens is 243 g/mol. The molecule has 0 bridgehead atoms. The van der Waals surface area contributed by atoms with Gasteiger partial charge in [0.25, 0.3) is 0 Å². The van der Waals surface area contributed by atoms with Crippen LogP contribution >= 0.6 is 0 Å². The van der Waals surface area contributed by atoms with Gasteiger partial charge < -0.3 is 5.32 Å². The average Bonchev–Trinajstić information content (AvgIpc) is 2.45. The van der Waals surface area contributed by atoms with E-state index in [0.717, 1.165) is 11.3 Å². The zero-order valence-electron chi connectivity index (χ0n) is 10.2. The number of amides is 1. The third-order valence-electron chi connectivity index (χ3n) is 2.47. The molecule has 0 aliphatic rings. The first kappa shape index (κ1) is 13.0. The van der Waals surface area contributed by atoms with Gasteiger partial charge in [-0.25, -0.2) is 4.39 Å². The van der Waals surface area contributed by atoms with Crippen molar-refractivity contribution in [1.29, 1.82) is 0 Å². The fourth-order valence-corrected chi connectivity index (χ4v) is 1.49. The van der Waals surface area contributed by atoms with Crippen molar-refractivity contribution in [2.24, 2.45) is 0 Å². The summed E-state index contributed by atoms with van der Waals surface area (Å²) in [6, 6.07) is 11.4. The highest BCUT2D eigenvalue weighted by Gasteiger charge is 1.97. The van der Waals surface area contributed by atoms with Crippen LogP contribution in [0.5, 0.6) is 0 Å². The van der Waals surface area contributed by atoms with Crippen molar-refractivity contribution in [3.63, 3.8) is 0 Å². The Balaban J connectivity index is 1.86. The molecule has 19 heavy (non-hydrogen) atoms. The van der Waals surface area contributed by atoms with E-state index >= 15 is 0 Å². The van der Waals surface area contributed by atoms with Crippen LogP contribution in [0, 0.1) is 5.82 Å². The summed E-state index contributed by atoms with van der Waals surface area (Å²) in [6.07, 6.45) is 4.72. The lowest BCUT2D eigenvalue weighted by Gasteiger charge is -2.00. The van der Waals surface area contributed by atoms with Gasteiger partial charge in [-0.15, -0.1) is 0 Å². The second-order valence-corrected chi connectivity index (χ2v) is 3.92. The number of aromatic nitrogens is 1. The molecular formula is C15H13FN2O. The van der Waals surface area contributed by atoms with Crippen LogP contribution in [0.3, 0.4) is 0 Å². The van der Waals surface area contributed by atoms with Gasteiger partial charge >= 0.3 is 0 Å². The normalized spacial score (nSPS) is 10.6. The maximum absolute atomic E-state index is 12.7. The fraction of sp³-hybridized carbons (Fsp3) is 0.0667. The first-order valence-corrected chi connectivity index (χ1v) is 5.85. The number of halogens is 1. The van der Waals surface area contributed by atoms with Gasteiger partial charge in [-0.1, -0.05) is 18.2 Å². The number of hydrogen-bond acceptors (Lipinski definition) is 2. The van der Waals surface area contributed by atoms with E-state index in [4.69, 9.17) is 0 Å². The van der Waals surface area contributed by atoms with E-state index in [-0.39, 0.29) is 11.7 Å². The van der Waals surface area contributed by atoms with Gasteiger partial charge in [0.15, 0.2) is 0 Å². The van der Waals surface area contributed by atoms with Crippen molar-refractivity contribution in [3.8, 4) is 0 Å². The van der Waals surface area contributed by atoms with Gasteiger partial charge in [0.2, 0.25) is 5.91 Å².